The molecule has 2 fully saturated rings. The molecule has 1 aromatic heterocycles. The van der Waals surface area contributed by atoms with Gasteiger partial charge in [-0.25, -0.2) is 0 Å². The van der Waals surface area contributed by atoms with Gasteiger partial charge >= 0.3 is 0 Å². The lowest BCUT2D eigenvalue weighted by Gasteiger charge is -2.37. The second kappa shape index (κ2) is 7.86. The van der Waals surface area contributed by atoms with Crippen molar-refractivity contribution in [1.82, 2.24) is 20.5 Å². The Morgan fingerprint density at radius 3 is 3.13 bits per heavy atom. The van der Waals surface area contributed by atoms with Crippen molar-refractivity contribution in [3.05, 3.63) is 30.1 Å². The van der Waals surface area contributed by atoms with Crippen LogP contribution < -0.4 is 10.6 Å². The quantitative estimate of drug-likeness (QED) is 0.841. The summed E-state index contributed by atoms with van der Waals surface area (Å²) >= 11 is 0. The van der Waals surface area contributed by atoms with Gasteiger partial charge in [0.25, 0.3) is 5.91 Å². The average Bonchev–Trinajstić information content (AvgIpc) is 2.59. The van der Waals surface area contributed by atoms with Gasteiger partial charge in [-0.2, -0.15) is 0 Å². The van der Waals surface area contributed by atoms with E-state index in [4.69, 9.17) is 4.74 Å². The Hall–Kier alpha value is -1.50. The summed E-state index contributed by atoms with van der Waals surface area (Å²) in [5.41, 5.74) is 1.10. The highest BCUT2D eigenvalue weighted by Crippen LogP contribution is 2.18. The molecule has 2 aliphatic heterocycles. The Bertz CT molecular complexity index is 505. The van der Waals surface area contributed by atoms with Crippen molar-refractivity contribution in [3.8, 4) is 0 Å². The maximum absolute atomic E-state index is 12.3. The molecule has 23 heavy (non-hydrogen) atoms. The number of aromatic nitrogens is 1. The fourth-order valence-corrected chi connectivity index (χ4v) is 3.32. The van der Waals surface area contributed by atoms with Crippen LogP contribution in [-0.4, -0.2) is 60.7 Å². The van der Waals surface area contributed by atoms with Gasteiger partial charge in [0.05, 0.1) is 12.3 Å². The highest BCUT2D eigenvalue weighted by Gasteiger charge is 2.30. The summed E-state index contributed by atoms with van der Waals surface area (Å²) in [7, 11) is 0. The predicted octanol–water partition coefficient (Wildman–Crippen LogP) is 0.397. The number of carbonyl (C=O) groups is 1. The molecule has 126 valence electrons. The van der Waals surface area contributed by atoms with Gasteiger partial charge in [0.1, 0.15) is 6.10 Å². The minimum atomic E-state index is -0.345. The molecule has 0 aliphatic carbocycles. The zero-order chi connectivity index (χ0) is 16.1. The van der Waals surface area contributed by atoms with Crippen LogP contribution in [0.25, 0.3) is 0 Å². The van der Waals surface area contributed by atoms with Crippen LogP contribution in [0.3, 0.4) is 0 Å². The highest BCUT2D eigenvalue weighted by atomic mass is 16.5. The van der Waals surface area contributed by atoms with Crippen LogP contribution in [0.2, 0.25) is 0 Å². The van der Waals surface area contributed by atoms with Gasteiger partial charge in [0, 0.05) is 45.0 Å². The van der Waals surface area contributed by atoms with E-state index >= 15 is 0 Å². The molecular weight excluding hydrogens is 292 g/mol. The third kappa shape index (κ3) is 4.50. The van der Waals surface area contributed by atoms with Crippen molar-refractivity contribution in [2.45, 2.75) is 32.0 Å². The first-order chi connectivity index (χ1) is 11.2. The summed E-state index contributed by atoms with van der Waals surface area (Å²) in [6.07, 6.45) is 2.46. The van der Waals surface area contributed by atoms with Crippen LogP contribution in [0.5, 0.6) is 0 Å². The predicted molar refractivity (Wildman–Crippen MR) is 87.8 cm³/mol. The first-order valence-electron chi connectivity index (χ1n) is 8.47. The lowest BCUT2D eigenvalue weighted by Crippen LogP contribution is -2.55. The zero-order valence-corrected chi connectivity index (χ0v) is 13.7. The van der Waals surface area contributed by atoms with Gasteiger partial charge < -0.3 is 15.4 Å². The van der Waals surface area contributed by atoms with E-state index in [2.05, 4.69) is 33.5 Å². The molecule has 2 aliphatic rings. The summed E-state index contributed by atoms with van der Waals surface area (Å²) in [4.78, 5) is 19.1. The summed E-state index contributed by atoms with van der Waals surface area (Å²) in [5.74, 6) is 0.445. The van der Waals surface area contributed by atoms with E-state index in [1.54, 1.807) is 0 Å². The number of nitrogens with one attached hydrogen (secondary N) is 2. The first-order valence-corrected chi connectivity index (χ1v) is 8.47. The lowest BCUT2D eigenvalue weighted by molar-refractivity contribution is -0.135. The number of amides is 1. The SMILES string of the molecule is C[C@@H]1CN(Cc2ccccn2)CC[C@H]1NC(=O)[C@H]1CNCCO1. The van der Waals surface area contributed by atoms with E-state index in [1.165, 1.54) is 0 Å². The van der Waals surface area contributed by atoms with E-state index in [-0.39, 0.29) is 18.1 Å². The minimum Gasteiger partial charge on any atom is -0.366 e. The first kappa shape index (κ1) is 16.4. The van der Waals surface area contributed by atoms with Gasteiger partial charge in [-0.3, -0.25) is 14.7 Å². The molecule has 0 aromatic carbocycles. The van der Waals surface area contributed by atoms with Crippen molar-refractivity contribution in [1.29, 1.82) is 0 Å². The Morgan fingerprint density at radius 2 is 2.43 bits per heavy atom. The standard InChI is InChI=1S/C17H26N4O2/c1-13-11-21(12-14-4-2-3-6-19-14)8-5-15(13)20-17(22)16-10-18-7-9-23-16/h2-4,6,13,15-16,18H,5,7-12H2,1H3,(H,20,22)/t13-,15-,16-/m1/s1. The third-order valence-electron chi connectivity index (χ3n) is 4.65. The molecule has 3 atom stereocenters. The number of rotatable bonds is 4. The molecule has 1 amide bonds. The van der Waals surface area contributed by atoms with Crippen molar-refractivity contribution >= 4 is 5.91 Å². The molecule has 3 heterocycles. The molecule has 6 nitrogen and oxygen atoms in total. The molecular formula is C17H26N4O2. The summed E-state index contributed by atoms with van der Waals surface area (Å²) in [5, 5.41) is 6.37. The third-order valence-corrected chi connectivity index (χ3v) is 4.65. The number of pyridine rings is 1. The normalized spacial score (nSPS) is 29.2. The number of carbonyl (C=O) groups excluding carboxylic acids is 1. The van der Waals surface area contributed by atoms with Crippen LogP contribution in [0.4, 0.5) is 0 Å². The maximum atomic E-state index is 12.3. The molecule has 1 aromatic rings. The van der Waals surface area contributed by atoms with Crippen molar-refractivity contribution < 1.29 is 9.53 Å². The molecule has 2 N–H and O–H groups in total. The van der Waals surface area contributed by atoms with Crippen LogP contribution in [0.15, 0.2) is 24.4 Å². The molecule has 6 heteroatoms. The molecule has 3 rings (SSSR count). The largest absolute Gasteiger partial charge is 0.366 e. The van der Waals surface area contributed by atoms with Crippen molar-refractivity contribution in [2.24, 2.45) is 5.92 Å². The van der Waals surface area contributed by atoms with E-state index in [9.17, 15) is 4.79 Å². The number of hydrogen-bond acceptors (Lipinski definition) is 5. The van der Waals surface area contributed by atoms with Crippen LogP contribution >= 0.6 is 0 Å². The van der Waals surface area contributed by atoms with Crippen LogP contribution in [0.1, 0.15) is 19.0 Å². The van der Waals surface area contributed by atoms with Gasteiger partial charge in [-0.1, -0.05) is 13.0 Å². The van der Waals surface area contributed by atoms with Gasteiger partial charge in [-0.05, 0) is 24.5 Å². The smallest absolute Gasteiger partial charge is 0.250 e. The number of hydrogen-bond donors (Lipinski definition) is 2. The number of morpholine rings is 1. The summed E-state index contributed by atoms with van der Waals surface area (Å²) in [6.45, 7) is 7.08. The second-order valence-electron chi connectivity index (χ2n) is 6.50. The topological polar surface area (TPSA) is 66.5 Å². The average molecular weight is 318 g/mol. The van der Waals surface area contributed by atoms with Crippen molar-refractivity contribution in [3.63, 3.8) is 0 Å². The number of likely N-dealkylation sites (tertiary alicyclic amines) is 1. The lowest BCUT2D eigenvalue weighted by atomic mass is 9.93. The monoisotopic (exact) mass is 318 g/mol. The fraction of sp³-hybridized carbons (Fsp3) is 0.647. The van der Waals surface area contributed by atoms with E-state index in [1.807, 2.05) is 18.3 Å². The number of piperidine rings is 1. The number of nitrogens with zero attached hydrogens (tertiary/aromatic N) is 2. The Morgan fingerprint density at radius 1 is 1.52 bits per heavy atom. The Labute approximate surface area is 137 Å². The molecule has 0 saturated carbocycles. The molecule has 0 bridgehead atoms. The zero-order valence-electron chi connectivity index (χ0n) is 13.7. The second-order valence-corrected chi connectivity index (χ2v) is 6.50. The van der Waals surface area contributed by atoms with Crippen LogP contribution in [-0.2, 0) is 16.1 Å². The molecule has 0 spiro atoms. The van der Waals surface area contributed by atoms with Crippen LogP contribution in [0, 0.1) is 5.92 Å². The molecule has 0 unspecified atom stereocenters. The highest BCUT2D eigenvalue weighted by molar-refractivity contribution is 5.81. The summed E-state index contributed by atoms with van der Waals surface area (Å²) in [6, 6.07) is 6.26. The van der Waals surface area contributed by atoms with E-state index < -0.39 is 0 Å². The Balaban J connectivity index is 1.47. The van der Waals surface area contributed by atoms with Gasteiger partial charge in [0.15, 0.2) is 0 Å². The molecule has 2 saturated heterocycles. The van der Waals surface area contributed by atoms with Gasteiger partial charge in [-0.15, -0.1) is 0 Å². The fourth-order valence-electron chi connectivity index (χ4n) is 3.32. The van der Waals surface area contributed by atoms with E-state index in [0.29, 0.717) is 19.1 Å². The molecule has 0 radical (unpaired) electrons. The minimum absolute atomic E-state index is 0.0206. The van der Waals surface area contributed by atoms with Crippen molar-refractivity contribution in [2.75, 3.05) is 32.8 Å². The number of ether oxygens (including phenoxy) is 1. The maximum Gasteiger partial charge on any atom is 0.250 e. The van der Waals surface area contributed by atoms with E-state index in [0.717, 1.165) is 38.3 Å². The Kier molecular flexibility index (Phi) is 5.59. The summed E-state index contributed by atoms with van der Waals surface area (Å²) < 4.78 is 5.52. The van der Waals surface area contributed by atoms with Gasteiger partial charge in [0.2, 0.25) is 0 Å².